The third-order valence-corrected chi connectivity index (χ3v) is 4.71. The first-order valence-electron chi connectivity index (χ1n) is 7.08. The van der Waals surface area contributed by atoms with Gasteiger partial charge in [0.05, 0.1) is 11.7 Å². The minimum Gasteiger partial charge on any atom is -0.359 e. The highest BCUT2D eigenvalue weighted by Crippen LogP contribution is 2.27. The lowest BCUT2D eigenvalue weighted by Gasteiger charge is -2.42. The minimum atomic E-state index is 0.257. The summed E-state index contributed by atoms with van der Waals surface area (Å²) < 4.78 is 1.10. The average molecular weight is 337 g/mol. The molecule has 0 radical (unpaired) electrons. The molecule has 108 valence electrons. The van der Waals surface area contributed by atoms with Crippen LogP contribution in [0.2, 0.25) is 0 Å². The van der Waals surface area contributed by atoms with Crippen LogP contribution < -0.4 is 4.90 Å². The van der Waals surface area contributed by atoms with Crippen molar-refractivity contribution in [2.24, 2.45) is 0 Å². The molecule has 0 spiro atoms. The monoisotopic (exact) mass is 336 g/mol. The van der Waals surface area contributed by atoms with Crippen molar-refractivity contribution in [1.82, 2.24) is 14.9 Å². The predicted molar refractivity (Wildman–Crippen MR) is 87.3 cm³/mol. The molecule has 0 unspecified atom stereocenters. The van der Waals surface area contributed by atoms with Crippen molar-refractivity contribution in [2.75, 3.05) is 31.1 Å². The zero-order valence-electron chi connectivity index (χ0n) is 12.3. The van der Waals surface area contributed by atoms with Crippen LogP contribution in [0, 0.1) is 0 Å². The van der Waals surface area contributed by atoms with E-state index in [2.05, 4.69) is 62.5 Å². The summed E-state index contributed by atoms with van der Waals surface area (Å²) >= 11 is 3.57. The van der Waals surface area contributed by atoms with Crippen molar-refractivity contribution in [3.8, 4) is 0 Å². The van der Waals surface area contributed by atoms with E-state index < -0.39 is 0 Å². The molecule has 2 aromatic rings. The highest BCUT2D eigenvalue weighted by molar-refractivity contribution is 9.10. The largest absolute Gasteiger partial charge is 0.359 e. The number of piperazine rings is 1. The first-order chi connectivity index (χ1) is 9.45. The fourth-order valence-electron chi connectivity index (χ4n) is 2.76. The quantitative estimate of drug-likeness (QED) is 0.868. The van der Waals surface area contributed by atoms with Crippen LogP contribution in [0.15, 0.2) is 22.9 Å². The van der Waals surface area contributed by atoms with E-state index in [4.69, 9.17) is 0 Å². The van der Waals surface area contributed by atoms with Gasteiger partial charge in [0.2, 0.25) is 0 Å². The van der Waals surface area contributed by atoms with Crippen molar-refractivity contribution in [1.29, 1.82) is 0 Å². The van der Waals surface area contributed by atoms with Crippen LogP contribution in [0.25, 0.3) is 10.9 Å². The van der Waals surface area contributed by atoms with Gasteiger partial charge >= 0.3 is 0 Å². The second kappa shape index (κ2) is 5.04. The number of hydrogen-bond acceptors (Lipinski definition) is 3. The highest BCUT2D eigenvalue weighted by Gasteiger charge is 2.26. The Kier molecular flexibility index (Phi) is 3.50. The van der Waals surface area contributed by atoms with Crippen LogP contribution in [0.4, 0.5) is 5.82 Å². The number of rotatable bonds is 1. The number of hydrogen-bond donors (Lipinski definition) is 1. The van der Waals surface area contributed by atoms with Crippen LogP contribution in [0.1, 0.15) is 20.8 Å². The summed E-state index contributed by atoms with van der Waals surface area (Å²) in [6.07, 6.45) is 3.89. The van der Waals surface area contributed by atoms with E-state index in [1.807, 2.05) is 12.4 Å². The summed E-state index contributed by atoms with van der Waals surface area (Å²) in [4.78, 5) is 12.7. The predicted octanol–water partition coefficient (Wildman–Crippen LogP) is 3.25. The summed E-state index contributed by atoms with van der Waals surface area (Å²) in [6, 6.07) is 2.17. The maximum absolute atomic E-state index is 4.59. The van der Waals surface area contributed by atoms with E-state index in [-0.39, 0.29) is 5.54 Å². The third-order valence-electron chi connectivity index (χ3n) is 4.05. The molecule has 1 N–H and O–H groups in total. The number of anilines is 1. The van der Waals surface area contributed by atoms with Gasteiger partial charge in [0.1, 0.15) is 5.82 Å². The first-order valence-corrected chi connectivity index (χ1v) is 7.87. The SMILES string of the molecule is CC(C)(C)N1CCN(c2cc3c(Br)c[nH]c3cn2)CC1. The molecule has 20 heavy (non-hydrogen) atoms. The van der Waals surface area contributed by atoms with Crippen LogP contribution in [-0.2, 0) is 0 Å². The van der Waals surface area contributed by atoms with E-state index >= 15 is 0 Å². The van der Waals surface area contributed by atoms with E-state index in [1.54, 1.807) is 0 Å². The van der Waals surface area contributed by atoms with Crippen LogP contribution in [0.5, 0.6) is 0 Å². The molecule has 0 aliphatic carbocycles. The second-order valence-electron chi connectivity index (χ2n) is 6.37. The van der Waals surface area contributed by atoms with E-state index in [0.29, 0.717) is 0 Å². The van der Waals surface area contributed by atoms with Crippen LogP contribution in [-0.4, -0.2) is 46.6 Å². The fourth-order valence-corrected chi connectivity index (χ4v) is 3.20. The Labute approximate surface area is 128 Å². The van der Waals surface area contributed by atoms with Gasteiger partial charge in [0.25, 0.3) is 0 Å². The van der Waals surface area contributed by atoms with E-state index in [9.17, 15) is 0 Å². The Bertz CT molecular complexity index is 606. The van der Waals surface area contributed by atoms with Crippen molar-refractivity contribution < 1.29 is 0 Å². The second-order valence-corrected chi connectivity index (χ2v) is 7.22. The molecule has 2 aromatic heterocycles. The van der Waals surface area contributed by atoms with Gasteiger partial charge < -0.3 is 9.88 Å². The Morgan fingerprint density at radius 1 is 1.20 bits per heavy atom. The molecule has 1 fully saturated rings. The number of halogens is 1. The minimum absolute atomic E-state index is 0.257. The zero-order valence-corrected chi connectivity index (χ0v) is 13.9. The molecule has 5 heteroatoms. The summed E-state index contributed by atoms with van der Waals surface area (Å²) in [6.45, 7) is 11.1. The Balaban J connectivity index is 1.78. The van der Waals surface area contributed by atoms with Gasteiger partial charge in [0.15, 0.2) is 0 Å². The van der Waals surface area contributed by atoms with Crippen molar-refractivity contribution in [2.45, 2.75) is 26.3 Å². The summed E-state index contributed by atoms with van der Waals surface area (Å²) in [5, 5.41) is 1.20. The number of fused-ring (bicyclic) bond motifs is 1. The average Bonchev–Trinajstić information content (AvgIpc) is 2.79. The number of H-pyrrole nitrogens is 1. The van der Waals surface area contributed by atoms with Gasteiger partial charge in [-0.25, -0.2) is 4.98 Å². The summed E-state index contributed by atoms with van der Waals surface area (Å²) in [7, 11) is 0. The van der Waals surface area contributed by atoms with Gasteiger partial charge in [-0.15, -0.1) is 0 Å². The van der Waals surface area contributed by atoms with Crippen molar-refractivity contribution in [3.05, 3.63) is 22.9 Å². The number of aromatic nitrogens is 2. The van der Waals surface area contributed by atoms with Crippen LogP contribution in [0.3, 0.4) is 0 Å². The summed E-state index contributed by atoms with van der Waals surface area (Å²) in [5.74, 6) is 1.08. The maximum atomic E-state index is 4.59. The molecule has 0 saturated carbocycles. The molecule has 0 amide bonds. The standard InChI is InChI=1S/C15H21BrN4/c1-15(2,3)20-6-4-19(5-7-20)14-8-11-12(16)9-17-13(11)10-18-14/h8-10,17H,4-7H2,1-3H3. The van der Waals surface area contributed by atoms with Crippen LogP contribution >= 0.6 is 15.9 Å². The Morgan fingerprint density at radius 3 is 2.55 bits per heavy atom. The number of pyridine rings is 1. The Morgan fingerprint density at radius 2 is 1.90 bits per heavy atom. The topological polar surface area (TPSA) is 35.2 Å². The van der Waals surface area contributed by atoms with Crippen molar-refractivity contribution in [3.63, 3.8) is 0 Å². The number of nitrogens with zero attached hydrogens (tertiary/aromatic N) is 3. The number of aromatic amines is 1. The highest BCUT2D eigenvalue weighted by atomic mass is 79.9. The molecule has 1 aliphatic heterocycles. The zero-order chi connectivity index (χ0) is 14.3. The molecule has 0 bridgehead atoms. The van der Waals surface area contributed by atoms with Gasteiger partial charge in [0, 0.05) is 47.8 Å². The normalized spacial score (nSPS) is 17.9. The van der Waals surface area contributed by atoms with E-state index in [1.165, 1.54) is 5.39 Å². The molecule has 1 saturated heterocycles. The van der Waals surface area contributed by atoms with Gasteiger partial charge in [-0.05, 0) is 42.8 Å². The Hall–Kier alpha value is -1.07. The number of nitrogens with one attached hydrogen (secondary N) is 1. The smallest absolute Gasteiger partial charge is 0.129 e. The molecule has 0 atom stereocenters. The molecule has 0 aromatic carbocycles. The molecule has 4 nitrogen and oxygen atoms in total. The fraction of sp³-hybridized carbons (Fsp3) is 0.533. The lowest BCUT2D eigenvalue weighted by molar-refractivity contribution is 0.128. The lowest BCUT2D eigenvalue weighted by Crippen LogP contribution is -2.53. The molecular weight excluding hydrogens is 316 g/mol. The molecular formula is C15H21BrN4. The molecule has 3 heterocycles. The van der Waals surface area contributed by atoms with E-state index in [0.717, 1.165) is 42.0 Å². The van der Waals surface area contributed by atoms with Gasteiger partial charge in [-0.2, -0.15) is 0 Å². The lowest BCUT2D eigenvalue weighted by atomic mass is 10.0. The molecule has 3 rings (SSSR count). The third kappa shape index (κ3) is 2.56. The van der Waals surface area contributed by atoms with Gasteiger partial charge in [-0.3, -0.25) is 4.90 Å². The molecule has 1 aliphatic rings. The van der Waals surface area contributed by atoms with Gasteiger partial charge in [-0.1, -0.05) is 0 Å². The summed E-state index contributed by atoms with van der Waals surface area (Å²) in [5.41, 5.74) is 1.33. The maximum Gasteiger partial charge on any atom is 0.129 e. The van der Waals surface area contributed by atoms with Crippen molar-refractivity contribution >= 4 is 32.7 Å². The first kappa shape index (κ1) is 13.9.